The molecule has 1 rings (SSSR count). The number of carbonyl (C=O) groups is 2. The summed E-state index contributed by atoms with van der Waals surface area (Å²) in [5, 5.41) is 2.89. The Morgan fingerprint density at radius 3 is 3.07 bits per heavy atom. The quantitative estimate of drug-likeness (QED) is 0.668. The van der Waals surface area contributed by atoms with Crippen LogP contribution in [0.1, 0.15) is 19.8 Å². The van der Waals surface area contributed by atoms with Gasteiger partial charge in [0.15, 0.2) is 0 Å². The molecule has 0 saturated carbocycles. The lowest BCUT2D eigenvalue weighted by molar-refractivity contribution is -0.130. The van der Waals surface area contributed by atoms with Gasteiger partial charge in [-0.2, -0.15) is 0 Å². The van der Waals surface area contributed by atoms with Crippen molar-refractivity contribution in [2.75, 3.05) is 26.2 Å². The molecule has 80 valence electrons. The molecule has 1 aliphatic heterocycles. The maximum absolute atomic E-state index is 11.3. The van der Waals surface area contributed by atoms with Crippen LogP contribution in [0.4, 0.5) is 4.79 Å². The number of piperazine rings is 1. The van der Waals surface area contributed by atoms with Gasteiger partial charge in [-0.05, 0) is 6.42 Å². The number of nitrogens with zero attached hydrogens (tertiary/aromatic N) is 1. The number of imide groups is 1. The lowest BCUT2D eigenvalue weighted by atomic mass is 10.3. The Morgan fingerprint density at radius 2 is 2.43 bits per heavy atom. The van der Waals surface area contributed by atoms with E-state index in [4.69, 9.17) is 4.74 Å². The Bertz CT molecular complexity index is 218. The van der Waals surface area contributed by atoms with Crippen molar-refractivity contribution in [1.29, 1.82) is 0 Å². The molecular formula is C9H16N2O3. The fourth-order valence-electron chi connectivity index (χ4n) is 1.18. The number of rotatable bonds is 3. The van der Waals surface area contributed by atoms with E-state index in [1.54, 1.807) is 0 Å². The summed E-state index contributed by atoms with van der Waals surface area (Å²) in [5.74, 6) is -0.210. The van der Waals surface area contributed by atoms with Gasteiger partial charge in [-0.15, -0.1) is 0 Å². The average Bonchev–Trinajstić information content (AvgIpc) is 2.18. The van der Waals surface area contributed by atoms with Crippen LogP contribution in [0, 0.1) is 0 Å². The Labute approximate surface area is 83.4 Å². The fourth-order valence-corrected chi connectivity index (χ4v) is 1.18. The first kappa shape index (κ1) is 11.0. The van der Waals surface area contributed by atoms with Crippen LogP contribution < -0.4 is 5.32 Å². The Morgan fingerprint density at radius 1 is 1.64 bits per heavy atom. The number of unbranched alkanes of at least 4 members (excludes halogenated alkanes) is 1. The van der Waals surface area contributed by atoms with Gasteiger partial charge in [0.2, 0.25) is 5.91 Å². The van der Waals surface area contributed by atoms with Crippen LogP contribution in [0.3, 0.4) is 0 Å². The van der Waals surface area contributed by atoms with Crippen molar-refractivity contribution in [3.05, 3.63) is 0 Å². The summed E-state index contributed by atoms with van der Waals surface area (Å²) < 4.78 is 4.93. The van der Waals surface area contributed by atoms with Crippen molar-refractivity contribution in [3.8, 4) is 0 Å². The lowest BCUT2D eigenvalue weighted by Crippen LogP contribution is -2.50. The second kappa shape index (κ2) is 5.59. The fraction of sp³-hybridized carbons (Fsp3) is 0.778. The number of hydrogen-bond donors (Lipinski definition) is 1. The van der Waals surface area contributed by atoms with Gasteiger partial charge < -0.3 is 10.1 Å². The molecule has 0 spiro atoms. The highest BCUT2D eigenvalue weighted by molar-refractivity contribution is 5.93. The number of hydrogen-bond acceptors (Lipinski definition) is 4. The van der Waals surface area contributed by atoms with Crippen LogP contribution in [0.5, 0.6) is 0 Å². The molecule has 5 heteroatoms. The Hall–Kier alpha value is -1.10. The minimum atomic E-state index is -0.509. The zero-order chi connectivity index (χ0) is 10.4. The maximum Gasteiger partial charge on any atom is 0.416 e. The summed E-state index contributed by atoms with van der Waals surface area (Å²) in [6, 6.07) is 0. The van der Waals surface area contributed by atoms with Gasteiger partial charge in [0.05, 0.1) is 13.2 Å². The molecule has 0 bridgehead atoms. The van der Waals surface area contributed by atoms with Crippen LogP contribution in [0.2, 0.25) is 0 Å². The van der Waals surface area contributed by atoms with E-state index >= 15 is 0 Å². The van der Waals surface area contributed by atoms with E-state index in [0.717, 1.165) is 17.7 Å². The van der Waals surface area contributed by atoms with E-state index < -0.39 is 6.09 Å². The van der Waals surface area contributed by atoms with Crippen LogP contribution in [0.15, 0.2) is 0 Å². The molecule has 14 heavy (non-hydrogen) atoms. The van der Waals surface area contributed by atoms with Gasteiger partial charge in [0.25, 0.3) is 0 Å². The highest BCUT2D eigenvalue weighted by atomic mass is 16.6. The van der Waals surface area contributed by atoms with E-state index in [1.807, 2.05) is 6.92 Å². The van der Waals surface area contributed by atoms with E-state index in [-0.39, 0.29) is 12.5 Å². The second-order valence-electron chi connectivity index (χ2n) is 3.19. The molecule has 0 aromatic carbocycles. The first-order valence-electron chi connectivity index (χ1n) is 4.93. The van der Waals surface area contributed by atoms with Crippen LogP contribution in [-0.2, 0) is 9.53 Å². The smallest absolute Gasteiger partial charge is 0.416 e. The van der Waals surface area contributed by atoms with E-state index in [2.05, 4.69) is 5.32 Å². The summed E-state index contributed by atoms with van der Waals surface area (Å²) >= 11 is 0. The van der Waals surface area contributed by atoms with Gasteiger partial charge in [-0.3, -0.25) is 4.79 Å². The number of amides is 2. The van der Waals surface area contributed by atoms with Crippen LogP contribution in [0.25, 0.3) is 0 Å². The first-order valence-corrected chi connectivity index (χ1v) is 4.93. The monoisotopic (exact) mass is 200 g/mol. The predicted molar refractivity (Wildman–Crippen MR) is 50.8 cm³/mol. The van der Waals surface area contributed by atoms with Crippen LogP contribution >= 0.6 is 0 Å². The van der Waals surface area contributed by atoms with E-state index in [9.17, 15) is 9.59 Å². The first-order chi connectivity index (χ1) is 6.75. The molecule has 2 amide bonds. The molecule has 1 saturated heterocycles. The zero-order valence-corrected chi connectivity index (χ0v) is 8.41. The van der Waals surface area contributed by atoms with Crippen molar-refractivity contribution >= 4 is 12.0 Å². The summed E-state index contributed by atoms with van der Waals surface area (Å²) in [4.78, 5) is 23.7. The highest BCUT2D eigenvalue weighted by Gasteiger charge is 2.24. The molecular weight excluding hydrogens is 184 g/mol. The zero-order valence-electron chi connectivity index (χ0n) is 8.41. The third-order valence-electron chi connectivity index (χ3n) is 2.03. The van der Waals surface area contributed by atoms with Gasteiger partial charge in [0, 0.05) is 13.1 Å². The summed E-state index contributed by atoms with van der Waals surface area (Å²) in [6.45, 7) is 3.69. The van der Waals surface area contributed by atoms with E-state index in [1.165, 1.54) is 0 Å². The minimum absolute atomic E-state index is 0.210. The molecule has 0 aliphatic carbocycles. The van der Waals surface area contributed by atoms with Gasteiger partial charge in [-0.1, -0.05) is 13.3 Å². The highest BCUT2D eigenvalue weighted by Crippen LogP contribution is 1.99. The third-order valence-corrected chi connectivity index (χ3v) is 2.03. The second-order valence-corrected chi connectivity index (χ2v) is 3.19. The Kier molecular flexibility index (Phi) is 4.39. The largest absolute Gasteiger partial charge is 0.449 e. The summed E-state index contributed by atoms with van der Waals surface area (Å²) in [5.41, 5.74) is 0. The predicted octanol–water partition coefficient (Wildman–Crippen LogP) is 0.355. The minimum Gasteiger partial charge on any atom is -0.449 e. The molecule has 0 unspecified atom stereocenters. The topological polar surface area (TPSA) is 58.6 Å². The molecule has 1 heterocycles. The molecule has 0 radical (unpaired) electrons. The third kappa shape index (κ3) is 2.99. The molecule has 1 N–H and O–H groups in total. The van der Waals surface area contributed by atoms with Gasteiger partial charge in [-0.25, -0.2) is 9.69 Å². The lowest BCUT2D eigenvalue weighted by Gasteiger charge is -2.24. The molecule has 0 aromatic rings. The summed E-state index contributed by atoms with van der Waals surface area (Å²) in [7, 11) is 0. The van der Waals surface area contributed by atoms with Crippen molar-refractivity contribution < 1.29 is 14.3 Å². The number of carbonyl (C=O) groups excluding carboxylic acids is 2. The molecule has 1 aliphatic rings. The summed E-state index contributed by atoms with van der Waals surface area (Å²) in [6.07, 6.45) is 1.30. The standard InChI is InChI=1S/C9H16N2O3/c1-2-3-6-14-9(13)11-5-4-10-7-8(11)12/h10H,2-7H2,1H3. The van der Waals surface area contributed by atoms with Gasteiger partial charge >= 0.3 is 6.09 Å². The number of ether oxygens (including phenoxy) is 1. The normalized spacial score (nSPS) is 16.9. The van der Waals surface area contributed by atoms with Crippen molar-refractivity contribution in [2.45, 2.75) is 19.8 Å². The maximum atomic E-state index is 11.3. The molecule has 1 fully saturated rings. The molecule has 0 atom stereocenters. The van der Waals surface area contributed by atoms with Crippen molar-refractivity contribution in [1.82, 2.24) is 10.2 Å². The number of nitrogens with one attached hydrogen (secondary N) is 1. The SMILES string of the molecule is CCCCOC(=O)N1CCNCC1=O. The Balaban J connectivity index is 2.31. The van der Waals surface area contributed by atoms with Crippen molar-refractivity contribution in [3.63, 3.8) is 0 Å². The average molecular weight is 200 g/mol. The van der Waals surface area contributed by atoms with Crippen molar-refractivity contribution in [2.24, 2.45) is 0 Å². The van der Waals surface area contributed by atoms with Gasteiger partial charge in [0.1, 0.15) is 0 Å². The molecule has 0 aromatic heterocycles. The van der Waals surface area contributed by atoms with E-state index in [0.29, 0.717) is 19.7 Å². The van der Waals surface area contributed by atoms with Crippen LogP contribution in [-0.4, -0.2) is 43.1 Å². The molecule has 5 nitrogen and oxygen atoms in total.